The molecule has 3 aliphatic rings. The third kappa shape index (κ3) is 3.95. The van der Waals surface area contributed by atoms with Crippen molar-refractivity contribution >= 4 is 10.0 Å². The normalized spacial score (nSPS) is 29.0. The summed E-state index contributed by atoms with van der Waals surface area (Å²) in [4.78, 5) is 0. The Hall–Kier alpha value is -0.130. The van der Waals surface area contributed by atoms with Crippen molar-refractivity contribution in [2.24, 2.45) is 23.7 Å². The van der Waals surface area contributed by atoms with Crippen LogP contribution in [0.5, 0.6) is 0 Å². The third-order valence-corrected chi connectivity index (χ3v) is 6.49. The summed E-state index contributed by atoms with van der Waals surface area (Å²) in [5.74, 6) is 3.39. The van der Waals surface area contributed by atoms with Crippen molar-refractivity contribution in [3.63, 3.8) is 0 Å². The Balaban J connectivity index is 1.41. The molecule has 1 saturated heterocycles. The fourth-order valence-electron chi connectivity index (χ4n) is 3.72. The zero-order valence-corrected chi connectivity index (χ0v) is 13.4. The van der Waals surface area contributed by atoms with Crippen LogP contribution in [-0.2, 0) is 10.0 Å². The summed E-state index contributed by atoms with van der Waals surface area (Å²) >= 11 is 0. The fourth-order valence-corrected chi connectivity index (χ4v) is 4.66. The van der Waals surface area contributed by atoms with Gasteiger partial charge in [-0.3, -0.25) is 0 Å². The predicted octanol–water partition coefficient (Wildman–Crippen LogP) is 1.68. The van der Waals surface area contributed by atoms with Gasteiger partial charge in [0, 0.05) is 13.1 Å². The molecule has 0 aromatic rings. The van der Waals surface area contributed by atoms with Gasteiger partial charge in [-0.05, 0) is 75.3 Å². The Bertz CT molecular complexity index is 417. The summed E-state index contributed by atoms with van der Waals surface area (Å²) in [7, 11) is -3.00. The highest BCUT2D eigenvalue weighted by atomic mass is 32.2. The minimum Gasteiger partial charge on any atom is -0.316 e. The molecule has 1 heterocycles. The van der Waals surface area contributed by atoms with E-state index in [2.05, 4.69) is 5.32 Å². The van der Waals surface area contributed by atoms with Gasteiger partial charge in [-0.1, -0.05) is 0 Å². The Morgan fingerprint density at radius 3 is 2.35 bits per heavy atom. The molecule has 1 atom stereocenters. The van der Waals surface area contributed by atoms with E-state index in [1.807, 2.05) is 0 Å². The summed E-state index contributed by atoms with van der Waals surface area (Å²) < 4.78 is 24.9. The van der Waals surface area contributed by atoms with Crippen LogP contribution in [0.25, 0.3) is 0 Å². The maximum absolute atomic E-state index is 11.6. The molecular weight excluding hydrogens is 272 g/mol. The molecule has 5 heteroatoms. The van der Waals surface area contributed by atoms with Gasteiger partial charge in [0.2, 0.25) is 10.0 Å². The standard InChI is InChI=1S/C15H28N2O2S/c1-20(18,19)17-8-2-3-12(11-17)9-16-10-15(13-4-5-13)14-6-7-14/h12-16H,2-11H2,1H3. The third-order valence-electron chi connectivity index (χ3n) is 5.22. The van der Waals surface area contributed by atoms with Crippen LogP contribution in [0.4, 0.5) is 0 Å². The molecule has 0 aromatic heterocycles. The Morgan fingerprint density at radius 1 is 1.15 bits per heavy atom. The van der Waals surface area contributed by atoms with Crippen LogP contribution in [0.15, 0.2) is 0 Å². The Morgan fingerprint density at radius 2 is 1.80 bits per heavy atom. The molecule has 1 aliphatic heterocycles. The molecule has 1 unspecified atom stereocenters. The van der Waals surface area contributed by atoms with E-state index in [0.29, 0.717) is 19.0 Å². The van der Waals surface area contributed by atoms with Crippen LogP contribution in [0.2, 0.25) is 0 Å². The van der Waals surface area contributed by atoms with Gasteiger partial charge in [-0.2, -0.15) is 0 Å². The van der Waals surface area contributed by atoms with Gasteiger partial charge in [0.05, 0.1) is 6.26 Å². The molecule has 0 bridgehead atoms. The lowest BCUT2D eigenvalue weighted by Crippen LogP contribution is -2.43. The second-order valence-corrected chi connectivity index (χ2v) is 9.11. The first-order valence-corrected chi connectivity index (χ1v) is 10.0. The lowest BCUT2D eigenvalue weighted by atomic mass is 9.96. The molecule has 3 rings (SSSR count). The van der Waals surface area contributed by atoms with Crippen LogP contribution in [0, 0.1) is 23.7 Å². The van der Waals surface area contributed by atoms with E-state index in [0.717, 1.165) is 43.7 Å². The first-order valence-electron chi connectivity index (χ1n) is 8.20. The van der Waals surface area contributed by atoms with Crippen molar-refractivity contribution in [3.8, 4) is 0 Å². The summed E-state index contributed by atoms with van der Waals surface area (Å²) in [6.07, 6.45) is 9.26. The summed E-state index contributed by atoms with van der Waals surface area (Å²) in [5.41, 5.74) is 0. The highest BCUT2D eigenvalue weighted by molar-refractivity contribution is 7.88. The molecule has 1 N–H and O–H groups in total. The van der Waals surface area contributed by atoms with Crippen LogP contribution in [-0.4, -0.2) is 45.2 Å². The van der Waals surface area contributed by atoms with Gasteiger partial charge in [-0.15, -0.1) is 0 Å². The molecule has 4 nitrogen and oxygen atoms in total. The first-order chi connectivity index (χ1) is 9.54. The van der Waals surface area contributed by atoms with Crippen molar-refractivity contribution in [3.05, 3.63) is 0 Å². The molecule has 0 radical (unpaired) electrons. The Kier molecular flexibility index (Phi) is 4.39. The average Bonchev–Trinajstić information content (AvgIpc) is 3.27. The topological polar surface area (TPSA) is 49.4 Å². The lowest BCUT2D eigenvalue weighted by molar-refractivity contribution is 0.254. The van der Waals surface area contributed by atoms with Crippen LogP contribution < -0.4 is 5.32 Å². The number of nitrogens with one attached hydrogen (secondary N) is 1. The fraction of sp³-hybridized carbons (Fsp3) is 1.00. The molecule has 20 heavy (non-hydrogen) atoms. The van der Waals surface area contributed by atoms with Gasteiger partial charge in [0.1, 0.15) is 0 Å². The zero-order chi connectivity index (χ0) is 14.2. The average molecular weight is 300 g/mol. The van der Waals surface area contributed by atoms with Crippen LogP contribution >= 0.6 is 0 Å². The highest BCUT2D eigenvalue weighted by Gasteiger charge is 2.40. The van der Waals surface area contributed by atoms with Crippen molar-refractivity contribution in [2.75, 3.05) is 32.4 Å². The zero-order valence-electron chi connectivity index (χ0n) is 12.6. The van der Waals surface area contributed by atoms with E-state index in [1.165, 1.54) is 31.9 Å². The van der Waals surface area contributed by atoms with Gasteiger partial charge in [-0.25, -0.2) is 12.7 Å². The van der Waals surface area contributed by atoms with E-state index in [9.17, 15) is 8.42 Å². The van der Waals surface area contributed by atoms with Crippen molar-refractivity contribution in [1.29, 1.82) is 0 Å². The maximum atomic E-state index is 11.6. The molecule has 0 amide bonds. The molecular formula is C15H28N2O2S. The van der Waals surface area contributed by atoms with Gasteiger partial charge in [0.25, 0.3) is 0 Å². The minimum atomic E-state index is -3.00. The minimum absolute atomic E-state index is 0.498. The van der Waals surface area contributed by atoms with Crippen LogP contribution in [0.1, 0.15) is 38.5 Å². The van der Waals surface area contributed by atoms with Gasteiger partial charge >= 0.3 is 0 Å². The van der Waals surface area contributed by atoms with E-state index >= 15 is 0 Å². The predicted molar refractivity (Wildman–Crippen MR) is 80.9 cm³/mol. The molecule has 0 spiro atoms. The molecule has 2 saturated carbocycles. The Labute approximate surface area is 123 Å². The molecule has 2 aliphatic carbocycles. The number of piperidine rings is 1. The van der Waals surface area contributed by atoms with E-state index in [4.69, 9.17) is 0 Å². The second-order valence-electron chi connectivity index (χ2n) is 7.13. The van der Waals surface area contributed by atoms with E-state index in [-0.39, 0.29) is 0 Å². The van der Waals surface area contributed by atoms with Crippen LogP contribution in [0.3, 0.4) is 0 Å². The molecule has 0 aromatic carbocycles. The maximum Gasteiger partial charge on any atom is 0.211 e. The smallest absolute Gasteiger partial charge is 0.211 e. The molecule has 3 fully saturated rings. The van der Waals surface area contributed by atoms with Crippen molar-refractivity contribution < 1.29 is 8.42 Å². The second kappa shape index (κ2) is 5.93. The first kappa shape index (κ1) is 14.8. The number of hydrogen-bond donors (Lipinski definition) is 1. The summed E-state index contributed by atoms with van der Waals surface area (Å²) in [6.45, 7) is 3.57. The molecule has 116 valence electrons. The van der Waals surface area contributed by atoms with Gasteiger partial charge in [0.15, 0.2) is 0 Å². The number of rotatable bonds is 7. The number of hydrogen-bond acceptors (Lipinski definition) is 3. The quantitative estimate of drug-likeness (QED) is 0.778. The van der Waals surface area contributed by atoms with Gasteiger partial charge < -0.3 is 5.32 Å². The number of sulfonamides is 1. The largest absolute Gasteiger partial charge is 0.316 e. The van der Waals surface area contributed by atoms with E-state index < -0.39 is 10.0 Å². The number of nitrogens with zero attached hydrogens (tertiary/aromatic N) is 1. The monoisotopic (exact) mass is 300 g/mol. The summed E-state index contributed by atoms with van der Waals surface area (Å²) in [6, 6.07) is 0. The highest BCUT2D eigenvalue weighted by Crippen LogP contribution is 2.48. The lowest BCUT2D eigenvalue weighted by Gasteiger charge is -2.31. The van der Waals surface area contributed by atoms with Crippen molar-refractivity contribution in [2.45, 2.75) is 38.5 Å². The SMILES string of the molecule is CS(=O)(=O)N1CCCC(CNCC(C2CC2)C2CC2)C1. The van der Waals surface area contributed by atoms with E-state index in [1.54, 1.807) is 4.31 Å². The van der Waals surface area contributed by atoms with Crippen molar-refractivity contribution in [1.82, 2.24) is 9.62 Å². The summed E-state index contributed by atoms with van der Waals surface area (Å²) in [5, 5.41) is 3.65.